The molecule has 28 heavy (non-hydrogen) atoms. The predicted molar refractivity (Wildman–Crippen MR) is 109 cm³/mol. The quantitative estimate of drug-likeness (QED) is 0.367. The first-order chi connectivity index (χ1) is 13.2. The Morgan fingerprint density at radius 2 is 2.11 bits per heavy atom. The van der Waals surface area contributed by atoms with E-state index in [1.165, 1.54) is 0 Å². The summed E-state index contributed by atoms with van der Waals surface area (Å²) in [5.74, 6) is 0.139. The number of carboxylic acid groups (broad SMARTS) is 1. The summed E-state index contributed by atoms with van der Waals surface area (Å²) in [6.45, 7) is 6.80. The molecule has 0 amide bonds. The van der Waals surface area contributed by atoms with Crippen LogP contribution < -0.4 is 0 Å². The van der Waals surface area contributed by atoms with Crippen LogP contribution in [0.1, 0.15) is 72.1 Å². The summed E-state index contributed by atoms with van der Waals surface area (Å²) < 4.78 is 5.73. The van der Waals surface area contributed by atoms with Crippen LogP contribution >= 0.6 is 0 Å². The molecular formula is C22H37NO5. The summed E-state index contributed by atoms with van der Waals surface area (Å²) in [7, 11) is 0. The summed E-state index contributed by atoms with van der Waals surface area (Å²) in [4.78, 5) is 15.2. The van der Waals surface area contributed by atoms with Gasteiger partial charge in [0.25, 0.3) is 0 Å². The molecule has 0 aromatic rings. The second-order valence-electron chi connectivity index (χ2n) is 8.96. The van der Waals surface area contributed by atoms with Gasteiger partial charge in [-0.3, -0.25) is 9.79 Å². The van der Waals surface area contributed by atoms with Crippen LogP contribution in [-0.2, 0) is 9.53 Å². The molecule has 1 aliphatic carbocycles. The number of ether oxygens (including phenoxy) is 1. The number of aliphatic imine (C=N–C) groups is 1. The molecule has 1 heterocycles. The Hall–Kier alpha value is -1.40. The first kappa shape index (κ1) is 22.9. The Morgan fingerprint density at radius 3 is 2.79 bits per heavy atom. The lowest BCUT2D eigenvalue weighted by molar-refractivity contribution is -0.137. The molecule has 1 fully saturated rings. The summed E-state index contributed by atoms with van der Waals surface area (Å²) >= 11 is 0. The Morgan fingerprint density at radius 1 is 1.36 bits per heavy atom. The molecule has 2 aliphatic rings. The highest BCUT2D eigenvalue weighted by atomic mass is 16.5. The van der Waals surface area contributed by atoms with Crippen molar-refractivity contribution >= 4 is 11.9 Å². The molecule has 0 radical (unpaired) electrons. The van der Waals surface area contributed by atoms with Crippen LogP contribution in [0.4, 0.5) is 0 Å². The van der Waals surface area contributed by atoms with Gasteiger partial charge >= 0.3 is 5.97 Å². The largest absolute Gasteiger partial charge is 0.481 e. The van der Waals surface area contributed by atoms with Crippen molar-refractivity contribution in [2.24, 2.45) is 22.2 Å². The molecule has 0 saturated heterocycles. The summed E-state index contributed by atoms with van der Waals surface area (Å²) in [6, 6.07) is 0.0731. The number of rotatable bonds is 11. The Balaban J connectivity index is 1.84. The van der Waals surface area contributed by atoms with Gasteiger partial charge in [-0.15, -0.1) is 0 Å². The third-order valence-electron chi connectivity index (χ3n) is 6.18. The van der Waals surface area contributed by atoms with E-state index in [9.17, 15) is 15.0 Å². The van der Waals surface area contributed by atoms with Crippen LogP contribution in [0, 0.1) is 17.3 Å². The molecule has 160 valence electrons. The molecule has 3 N–H and O–H groups in total. The van der Waals surface area contributed by atoms with E-state index in [1.807, 2.05) is 12.2 Å². The summed E-state index contributed by atoms with van der Waals surface area (Å²) in [5, 5.41) is 29.7. The second-order valence-corrected chi connectivity index (χ2v) is 8.96. The third-order valence-corrected chi connectivity index (χ3v) is 6.18. The Labute approximate surface area is 168 Å². The van der Waals surface area contributed by atoms with E-state index in [0.717, 1.165) is 25.2 Å². The van der Waals surface area contributed by atoms with Crippen molar-refractivity contribution in [1.82, 2.24) is 0 Å². The zero-order chi connectivity index (χ0) is 20.7. The lowest BCUT2D eigenvalue weighted by Gasteiger charge is -2.29. The van der Waals surface area contributed by atoms with Gasteiger partial charge in [0.2, 0.25) is 0 Å². The van der Waals surface area contributed by atoms with Crippen molar-refractivity contribution in [3.05, 3.63) is 12.2 Å². The van der Waals surface area contributed by atoms with E-state index in [0.29, 0.717) is 32.3 Å². The van der Waals surface area contributed by atoms with Gasteiger partial charge in [-0.1, -0.05) is 45.8 Å². The van der Waals surface area contributed by atoms with Gasteiger partial charge in [-0.2, -0.15) is 0 Å². The molecule has 0 spiro atoms. The molecule has 0 bridgehead atoms. The number of aliphatic carboxylic acids is 1. The number of carboxylic acids is 1. The van der Waals surface area contributed by atoms with Crippen LogP contribution in [-0.4, -0.2) is 52.0 Å². The molecule has 2 rings (SSSR count). The van der Waals surface area contributed by atoms with Gasteiger partial charge in [0.1, 0.15) is 0 Å². The third kappa shape index (κ3) is 6.31. The molecule has 4 unspecified atom stereocenters. The lowest BCUT2D eigenvalue weighted by atomic mass is 9.80. The van der Waals surface area contributed by atoms with Gasteiger partial charge in [0.15, 0.2) is 5.90 Å². The second kappa shape index (κ2) is 10.4. The topological polar surface area (TPSA) is 99.4 Å². The number of fused-ring (bicyclic) bond motifs is 1. The number of aliphatic hydroxyl groups is 2. The van der Waals surface area contributed by atoms with E-state index in [2.05, 4.69) is 25.8 Å². The van der Waals surface area contributed by atoms with Gasteiger partial charge in [-0.25, -0.2) is 0 Å². The maximum Gasteiger partial charge on any atom is 0.303 e. The molecule has 6 heteroatoms. The van der Waals surface area contributed by atoms with Gasteiger partial charge in [0.05, 0.1) is 24.9 Å². The van der Waals surface area contributed by atoms with Crippen LogP contribution in [0.3, 0.4) is 0 Å². The molecule has 0 aromatic heterocycles. The van der Waals surface area contributed by atoms with Crippen molar-refractivity contribution in [2.45, 2.75) is 90.4 Å². The number of hydrogen-bond donors (Lipinski definition) is 3. The van der Waals surface area contributed by atoms with Gasteiger partial charge in [-0.05, 0) is 37.0 Å². The average Bonchev–Trinajstić information content (AvgIpc) is 3.13. The van der Waals surface area contributed by atoms with Crippen molar-refractivity contribution in [3.8, 4) is 0 Å². The zero-order valence-corrected chi connectivity index (χ0v) is 17.5. The maximum atomic E-state index is 10.6. The number of aliphatic hydroxyl groups excluding tert-OH is 2. The highest BCUT2D eigenvalue weighted by molar-refractivity contribution is 5.79. The number of nitrogens with zero attached hydrogens (tertiary/aromatic N) is 1. The standard InChI is InChI=1S/C22H37NO5/c1-4-5-11-22(2,3)19(25)10-9-15-16-13-20(23-17(16)14-18(15)24)28-12-7-6-8-21(26)27/h9-10,15-19,24-25H,4-8,11-14H2,1-3H3,(H,26,27)/t15?,16?,17?,18?,19-/m0/s1. The zero-order valence-electron chi connectivity index (χ0n) is 17.5. The monoisotopic (exact) mass is 395 g/mol. The minimum Gasteiger partial charge on any atom is -0.481 e. The van der Waals surface area contributed by atoms with Crippen molar-refractivity contribution < 1.29 is 24.9 Å². The van der Waals surface area contributed by atoms with E-state index in [-0.39, 0.29) is 29.7 Å². The van der Waals surface area contributed by atoms with Crippen LogP contribution in [0.25, 0.3) is 0 Å². The smallest absolute Gasteiger partial charge is 0.303 e. The van der Waals surface area contributed by atoms with E-state index < -0.39 is 18.2 Å². The SMILES string of the molecule is CCCCC(C)(C)[C@@H](O)C=CC1C(O)CC2N=C(OCCCCC(=O)O)CC21. The molecular weight excluding hydrogens is 358 g/mol. The fourth-order valence-corrected chi connectivity index (χ4v) is 4.19. The first-order valence-electron chi connectivity index (χ1n) is 10.7. The van der Waals surface area contributed by atoms with Crippen molar-refractivity contribution in [3.63, 3.8) is 0 Å². The molecule has 0 aromatic carbocycles. The van der Waals surface area contributed by atoms with Crippen LogP contribution in [0.2, 0.25) is 0 Å². The predicted octanol–water partition coefficient (Wildman–Crippen LogP) is 3.56. The minimum absolute atomic E-state index is 0.0153. The fraction of sp³-hybridized carbons (Fsp3) is 0.818. The van der Waals surface area contributed by atoms with Crippen molar-refractivity contribution in [1.29, 1.82) is 0 Å². The highest BCUT2D eigenvalue weighted by Gasteiger charge is 2.45. The van der Waals surface area contributed by atoms with Crippen molar-refractivity contribution in [2.75, 3.05) is 6.61 Å². The van der Waals surface area contributed by atoms with E-state index in [4.69, 9.17) is 9.84 Å². The van der Waals surface area contributed by atoms with E-state index in [1.54, 1.807) is 0 Å². The molecule has 6 nitrogen and oxygen atoms in total. The van der Waals surface area contributed by atoms with Crippen LogP contribution in [0.5, 0.6) is 0 Å². The fourth-order valence-electron chi connectivity index (χ4n) is 4.19. The van der Waals surface area contributed by atoms with Crippen LogP contribution in [0.15, 0.2) is 17.1 Å². The normalized spacial score (nSPS) is 28.4. The van der Waals surface area contributed by atoms with Gasteiger partial charge < -0.3 is 20.1 Å². The van der Waals surface area contributed by atoms with E-state index >= 15 is 0 Å². The summed E-state index contributed by atoms with van der Waals surface area (Å²) in [5.41, 5.74) is -0.175. The minimum atomic E-state index is -0.781. The van der Waals surface area contributed by atoms with Gasteiger partial charge in [0, 0.05) is 18.8 Å². The number of hydrogen-bond acceptors (Lipinski definition) is 5. The maximum absolute atomic E-state index is 10.6. The summed E-state index contributed by atoms with van der Waals surface area (Å²) in [6.07, 6.45) is 8.85. The average molecular weight is 396 g/mol. The molecule has 5 atom stereocenters. The Bertz CT molecular complexity index is 571. The number of carbonyl (C=O) groups is 1. The lowest BCUT2D eigenvalue weighted by Crippen LogP contribution is -2.28. The number of unbranched alkanes of at least 4 members (excludes halogenated alkanes) is 2. The molecule has 1 saturated carbocycles. The first-order valence-corrected chi connectivity index (χ1v) is 10.7. The highest BCUT2D eigenvalue weighted by Crippen LogP contribution is 2.42. The Kier molecular flexibility index (Phi) is 8.50. The molecule has 1 aliphatic heterocycles.